The van der Waals surface area contributed by atoms with Crippen molar-refractivity contribution in [1.82, 2.24) is 9.78 Å². The molecular weight excluding hydrogens is 396 g/mol. The number of nitrogens with two attached hydrogens (primary N) is 1. The van der Waals surface area contributed by atoms with E-state index in [1.54, 1.807) is 0 Å². The zero-order chi connectivity index (χ0) is 22.0. The van der Waals surface area contributed by atoms with Crippen molar-refractivity contribution < 1.29 is 19.0 Å². The van der Waals surface area contributed by atoms with Gasteiger partial charge in [0.05, 0.1) is 18.9 Å². The number of aryl methyl sites for hydroxylation is 1. The van der Waals surface area contributed by atoms with Crippen molar-refractivity contribution in [2.24, 2.45) is 12.8 Å². The van der Waals surface area contributed by atoms with Crippen molar-refractivity contribution in [3.63, 3.8) is 0 Å². The molecule has 0 unspecified atom stereocenters. The van der Waals surface area contributed by atoms with Gasteiger partial charge in [0.1, 0.15) is 5.75 Å². The molecule has 1 aromatic heterocycles. The number of aromatic nitrogens is 2. The highest BCUT2D eigenvalue weighted by Gasteiger charge is 2.29. The number of fused-ring (bicyclic) bond motifs is 3. The number of anilines is 2. The molecule has 0 radical (unpaired) electrons. The Morgan fingerprint density at radius 1 is 1.10 bits per heavy atom. The standard InChI is InChI=1S/C23H26N4O4/c1-4-29-16-8-6-15(7-9-16)25-23-18-10-14-11-19(30-5-2)20(31-13-21(24)28)12-17(14)22(18)27(3)26-23/h6-9,11-12H,4-5,10,13H2,1-3H3,(H2,24,28)(H,25,26). The molecule has 1 aliphatic carbocycles. The van der Waals surface area contributed by atoms with E-state index in [0.29, 0.717) is 31.1 Å². The van der Waals surface area contributed by atoms with Crippen LogP contribution in [0.4, 0.5) is 11.5 Å². The van der Waals surface area contributed by atoms with Gasteiger partial charge in [-0.15, -0.1) is 0 Å². The number of carbonyl (C=O) groups excluding carboxylic acids is 1. The SMILES string of the molecule is CCOc1ccc(Nc2nn(C)c3c2Cc2cc(OCC)c(OCC(N)=O)cc2-3)cc1. The molecular formula is C23H26N4O4. The monoisotopic (exact) mass is 422 g/mol. The molecule has 1 heterocycles. The molecule has 3 aromatic rings. The maximum absolute atomic E-state index is 11.2. The molecule has 8 heteroatoms. The van der Waals surface area contributed by atoms with E-state index >= 15 is 0 Å². The predicted molar refractivity (Wildman–Crippen MR) is 118 cm³/mol. The van der Waals surface area contributed by atoms with Crippen LogP contribution in [0.1, 0.15) is 25.0 Å². The van der Waals surface area contributed by atoms with Gasteiger partial charge in [0.25, 0.3) is 5.91 Å². The van der Waals surface area contributed by atoms with Crippen molar-refractivity contribution in [1.29, 1.82) is 0 Å². The minimum Gasteiger partial charge on any atom is -0.494 e. The topological polar surface area (TPSA) is 101 Å². The van der Waals surface area contributed by atoms with Crippen molar-refractivity contribution >= 4 is 17.4 Å². The van der Waals surface area contributed by atoms with Gasteiger partial charge in [-0.05, 0) is 55.8 Å². The van der Waals surface area contributed by atoms with Crippen LogP contribution in [0.25, 0.3) is 11.3 Å². The number of nitrogens with zero attached hydrogens (tertiary/aromatic N) is 2. The number of carbonyl (C=O) groups is 1. The molecule has 31 heavy (non-hydrogen) atoms. The van der Waals surface area contributed by atoms with Crippen LogP contribution < -0.4 is 25.3 Å². The highest BCUT2D eigenvalue weighted by molar-refractivity contribution is 5.82. The third-order valence-electron chi connectivity index (χ3n) is 5.04. The van der Waals surface area contributed by atoms with Gasteiger partial charge in [0.15, 0.2) is 23.9 Å². The van der Waals surface area contributed by atoms with Crippen LogP contribution in [-0.4, -0.2) is 35.5 Å². The summed E-state index contributed by atoms with van der Waals surface area (Å²) in [6.07, 6.45) is 0.716. The molecule has 162 valence electrons. The van der Waals surface area contributed by atoms with Crippen LogP contribution in [0.15, 0.2) is 36.4 Å². The molecule has 0 bridgehead atoms. The summed E-state index contributed by atoms with van der Waals surface area (Å²) in [4.78, 5) is 11.2. The van der Waals surface area contributed by atoms with E-state index in [2.05, 4.69) is 10.4 Å². The lowest BCUT2D eigenvalue weighted by Gasteiger charge is -2.14. The lowest BCUT2D eigenvalue weighted by molar-refractivity contribution is -0.119. The van der Waals surface area contributed by atoms with Crippen molar-refractivity contribution in [2.75, 3.05) is 25.1 Å². The highest BCUT2D eigenvalue weighted by atomic mass is 16.5. The van der Waals surface area contributed by atoms with E-state index in [9.17, 15) is 4.79 Å². The second-order valence-electron chi connectivity index (χ2n) is 7.20. The summed E-state index contributed by atoms with van der Waals surface area (Å²) in [6.45, 7) is 4.78. The first-order chi connectivity index (χ1) is 15.0. The quantitative estimate of drug-likeness (QED) is 0.429. The van der Waals surface area contributed by atoms with Gasteiger partial charge in [0.2, 0.25) is 0 Å². The van der Waals surface area contributed by atoms with Crippen LogP contribution in [0.3, 0.4) is 0 Å². The predicted octanol–water partition coefficient (Wildman–Crippen LogP) is 3.40. The Balaban J connectivity index is 1.65. The second-order valence-corrected chi connectivity index (χ2v) is 7.20. The van der Waals surface area contributed by atoms with E-state index < -0.39 is 5.91 Å². The lowest BCUT2D eigenvalue weighted by atomic mass is 10.1. The Labute approximate surface area is 180 Å². The van der Waals surface area contributed by atoms with Gasteiger partial charge in [-0.25, -0.2) is 0 Å². The van der Waals surface area contributed by atoms with Gasteiger partial charge in [-0.3, -0.25) is 9.48 Å². The first kappa shape index (κ1) is 20.6. The summed E-state index contributed by atoms with van der Waals surface area (Å²) in [6, 6.07) is 11.7. The molecule has 1 amide bonds. The Morgan fingerprint density at radius 3 is 2.48 bits per heavy atom. The summed E-state index contributed by atoms with van der Waals surface area (Å²) >= 11 is 0. The normalized spacial score (nSPS) is 11.6. The molecule has 8 nitrogen and oxygen atoms in total. The van der Waals surface area contributed by atoms with Crippen LogP contribution in [0.5, 0.6) is 17.2 Å². The number of primary amides is 1. The molecule has 0 spiro atoms. The van der Waals surface area contributed by atoms with Gasteiger partial charge < -0.3 is 25.3 Å². The third kappa shape index (κ3) is 4.14. The molecule has 3 N–H and O–H groups in total. The van der Waals surface area contributed by atoms with Gasteiger partial charge in [-0.1, -0.05) is 0 Å². The Kier molecular flexibility index (Phi) is 5.70. The summed E-state index contributed by atoms with van der Waals surface area (Å²) in [7, 11) is 1.91. The van der Waals surface area contributed by atoms with E-state index in [4.69, 9.17) is 19.9 Å². The molecule has 0 aliphatic heterocycles. The fraction of sp³-hybridized carbons (Fsp3) is 0.304. The number of nitrogens with one attached hydrogen (secondary N) is 1. The average molecular weight is 422 g/mol. The maximum atomic E-state index is 11.2. The second kappa shape index (κ2) is 8.59. The van der Waals surface area contributed by atoms with Crippen LogP contribution in [0.2, 0.25) is 0 Å². The third-order valence-corrected chi connectivity index (χ3v) is 5.04. The zero-order valence-corrected chi connectivity index (χ0v) is 17.9. The largest absolute Gasteiger partial charge is 0.494 e. The number of amides is 1. The highest BCUT2D eigenvalue weighted by Crippen LogP contribution is 2.45. The van der Waals surface area contributed by atoms with Gasteiger partial charge in [-0.2, -0.15) is 5.10 Å². The fourth-order valence-electron chi connectivity index (χ4n) is 3.80. The van der Waals surface area contributed by atoms with Crippen LogP contribution >= 0.6 is 0 Å². The summed E-state index contributed by atoms with van der Waals surface area (Å²) in [5.74, 6) is 2.19. The van der Waals surface area contributed by atoms with E-state index in [-0.39, 0.29) is 6.61 Å². The van der Waals surface area contributed by atoms with Crippen LogP contribution in [0, 0.1) is 0 Å². The van der Waals surface area contributed by atoms with Crippen molar-refractivity contribution in [2.45, 2.75) is 20.3 Å². The summed E-state index contributed by atoms with van der Waals surface area (Å²) in [5.41, 5.74) is 10.4. The molecule has 0 saturated carbocycles. The van der Waals surface area contributed by atoms with Gasteiger partial charge >= 0.3 is 0 Å². The van der Waals surface area contributed by atoms with E-state index in [1.807, 2.05) is 62.0 Å². The minimum atomic E-state index is -0.536. The molecule has 0 atom stereocenters. The molecule has 0 fully saturated rings. The minimum absolute atomic E-state index is 0.207. The number of hydrogen-bond donors (Lipinski definition) is 2. The Morgan fingerprint density at radius 2 is 1.81 bits per heavy atom. The first-order valence-corrected chi connectivity index (χ1v) is 10.3. The zero-order valence-electron chi connectivity index (χ0n) is 17.9. The average Bonchev–Trinajstić information content (AvgIpc) is 3.25. The lowest BCUT2D eigenvalue weighted by Crippen LogP contribution is -2.20. The molecule has 1 aliphatic rings. The number of rotatable bonds is 9. The molecule has 0 saturated heterocycles. The Hall–Kier alpha value is -3.68. The number of ether oxygens (including phenoxy) is 3. The molecule has 2 aromatic carbocycles. The fourth-order valence-corrected chi connectivity index (χ4v) is 3.80. The smallest absolute Gasteiger partial charge is 0.255 e. The van der Waals surface area contributed by atoms with E-state index in [0.717, 1.165) is 39.6 Å². The van der Waals surface area contributed by atoms with Gasteiger partial charge in [0, 0.05) is 30.3 Å². The Bertz CT molecular complexity index is 1110. The maximum Gasteiger partial charge on any atom is 0.255 e. The first-order valence-electron chi connectivity index (χ1n) is 10.3. The van der Waals surface area contributed by atoms with Crippen LogP contribution in [-0.2, 0) is 18.3 Å². The van der Waals surface area contributed by atoms with Crippen molar-refractivity contribution in [3.05, 3.63) is 47.5 Å². The molecule has 4 rings (SSSR count). The summed E-state index contributed by atoms with van der Waals surface area (Å²) < 4.78 is 18.7. The van der Waals surface area contributed by atoms with Crippen molar-refractivity contribution in [3.8, 4) is 28.5 Å². The number of benzene rings is 2. The van der Waals surface area contributed by atoms with E-state index in [1.165, 1.54) is 0 Å². The number of hydrogen-bond acceptors (Lipinski definition) is 6. The summed E-state index contributed by atoms with van der Waals surface area (Å²) in [5, 5.41) is 8.09.